The van der Waals surface area contributed by atoms with Crippen LogP contribution in [0.1, 0.15) is 19.8 Å². The predicted octanol–water partition coefficient (Wildman–Crippen LogP) is 2.50. The number of pyridine rings is 2. The third-order valence-corrected chi connectivity index (χ3v) is 5.13. The fraction of sp³-hybridized carbons (Fsp3) is 0.429. The zero-order valence-electron chi connectivity index (χ0n) is 17.4. The van der Waals surface area contributed by atoms with Gasteiger partial charge in [-0.1, -0.05) is 0 Å². The van der Waals surface area contributed by atoms with E-state index < -0.39 is 6.09 Å². The number of carbonyl (C=O) groups is 1. The molecule has 0 radical (unpaired) electrons. The Bertz CT molecular complexity index is 1030. The highest BCUT2D eigenvalue weighted by Gasteiger charge is 2.23. The van der Waals surface area contributed by atoms with Crippen molar-refractivity contribution in [3.05, 3.63) is 30.6 Å². The van der Waals surface area contributed by atoms with Gasteiger partial charge >= 0.3 is 6.09 Å². The van der Waals surface area contributed by atoms with Crippen LogP contribution in [-0.2, 0) is 9.47 Å². The number of nitrogens with two attached hydrogens (primary N) is 1. The normalized spacial score (nSPS) is 16.4. The Hall–Kier alpha value is -3.40. The summed E-state index contributed by atoms with van der Waals surface area (Å²) in [6.45, 7) is 4.92. The number of fused-ring (bicyclic) bond motifs is 1. The van der Waals surface area contributed by atoms with E-state index in [2.05, 4.69) is 27.0 Å². The van der Waals surface area contributed by atoms with E-state index >= 15 is 0 Å². The Labute approximate surface area is 179 Å². The van der Waals surface area contributed by atoms with Crippen LogP contribution in [0.25, 0.3) is 22.3 Å². The summed E-state index contributed by atoms with van der Waals surface area (Å²) in [7, 11) is 0. The molecule has 0 aliphatic carbocycles. The molecule has 31 heavy (non-hydrogen) atoms. The van der Waals surface area contributed by atoms with E-state index in [1.165, 1.54) is 0 Å². The average Bonchev–Trinajstić information content (AvgIpc) is 3.30. The third-order valence-electron chi connectivity index (χ3n) is 5.13. The van der Waals surface area contributed by atoms with Gasteiger partial charge in [0.1, 0.15) is 22.8 Å². The Balaban J connectivity index is 1.64. The van der Waals surface area contributed by atoms with Crippen LogP contribution in [0, 0.1) is 0 Å². The fourth-order valence-corrected chi connectivity index (χ4v) is 3.59. The highest BCUT2D eigenvalue weighted by Crippen LogP contribution is 2.34. The van der Waals surface area contributed by atoms with Crippen molar-refractivity contribution < 1.29 is 19.0 Å². The van der Waals surface area contributed by atoms with Crippen LogP contribution in [0.2, 0.25) is 0 Å². The van der Waals surface area contributed by atoms with E-state index in [0.29, 0.717) is 26.2 Å². The molecule has 4 heterocycles. The maximum atomic E-state index is 10.7. The van der Waals surface area contributed by atoms with E-state index in [4.69, 9.17) is 24.9 Å². The number of aromatic amines is 1. The van der Waals surface area contributed by atoms with Gasteiger partial charge in [0.2, 0.25) is 0 Å². The number of amides is 1. The third kappa shape index (κ3) is 4.85. The van der Waals surface area contributed by atoms with Crippen LogP contribution >= 0.6 is 0 Å². The number of morpholine rings is 1. The molecule has 3 aromatic heterocycles. The first-order chi connectivity index (χ1) is 15.1. The summed E-state index contributed by atoms with van der Waals surface area (Å²) in [5.74, 6) is 1.56. The molecule has 3 N–H and O–H groups in total. The molecule has 0 aromatic carbocycles. The van der Waals surface area contributed by atoms with Crippen LogP contribution in [-0.4, -0.2) is 65.3 Å². The summed E-state index contributed by atoms with van der Waals surface area (Å²) in [6.07, 6.45) is 4.06. The quantitative estimate of drug-likeness (QED) is 0.526. The molecule has 0 unspecified atom stereocenters. The summed E-state index contributed by atoms with van der Waals surface area (Å²) < 4.78 is 16.5. The SMILES string of the molecule is C[C@@H]1COCCN1c1cc(OCCCCOC(N)=O)c2ccnc(-c3ccn[nH]3)c2n1. The minimum Gasteiger partial charge on any atom is -0.493 e. The lowest BCUT2D eigenvalue weighted by atomic mass is 10.1. The molecule has 0 spiro atoms. The average molecular weight is 426 g/mol. The first-order valence-electron chi connectivity index (χ1n) is 10.3. The van der Waals surface area contributed by atoms with Gasteiger partial charge in [-0.05, 0) is 31.9 Å². The molecule has 10 nitrogen and oxygen atoms in total. The molecule has 1 fully saturated rings. The molecule has 1 saturated heterocycles. The summed E-state index contributed by atoms with van der Waals surface area (Å²) in [5.41, 5.74) is 7.24. The van der Waals surface area contributed by atoms with Crippen molar-refractivity contribution >= 4 is 22.8 Å². The van der Waals surface area contributed by atoms with E-state index in [1.54, 1.807) is 12.4 Å². The summed E-state index contributed by atoms with van der Waals surface area (Å²) in [5, 5.41) is 7.89. The summed E-state index contributed by atoms with van der Waals surface area (Å²) >= 11 is 0. The number of hydrogen-bond donors (Lipinski definition) is 2. The van der Waals surface area contributed by atoms with Crippen molar-refractivity contribution in [2.24, 2.45) is 5.73 Å². The first-order valence-corrected chi connectivity index (χ1v) is 10.3. The number of rotatable bonds is 8. The van der Waals surface area contributed by atoms with Crippen LogP contribution in [0.5, 0.6) is 5.75 Å². The summed E-state index contributed by atoms with van der Waals surface area (Å²) in [4.78, 5) is 22.4. The fourth-order valence-electron chi connectivity index (χ4n) is 3.59. The van der Waals surface area contributed by atoms with Gasteiger partial charge < -0.3 is 24.8 Å². The lowest BCUT2D eigenvalue weighted by Gasteiger charge is -2.34. The van der Waals surface area contributed by atoms with Crippen molar-refractivity contribution in [1.29, 1.82) is 0 Å². The number of nitrogens with zero attached hydrogens (tertiary/aromatic N) is 4. The Morgan fingerprint density at radius 1 is 1.32 bits per heavy atom. The summed E-state index contributed by atoms with van der Waals surface area (Å²) in [6, 6.07) is 5.94. The molecule has 4 rings (SSSR count). The topological polar surface area (TPSA) is 128 Å². The first kappa shape index (κ1) is 20.9. The van der Waals surface area contributed by atoms with E-state index in [-0.39, 0.29) is 12.6 Å². The Kier molecular flexibility index (Phi) is 6.46. The van der Waals surface area contributed by atoms with Gasteiger partial charge in [-0.3, -0.25) is 10.1 Å². The smallest absolute Gasteiger partial charge is 0.404 e. The van der Waals surface area contributed by atoms with E-state index in [0.717, 1.165) is 46.8 Å². The molecule has 164 valence electrons. The van der Waals surface area contributed by atoms with Crippen molar-refractivity contribution in [2.75, 3.05) is 37.9 Å². The van der Waals surface area contributed by atoms with Crippen LogP contribution < -0.4 is 15.4 Å². The van der Waals surface area contributed by atoms with Gasteiger partial charge in [0.05, 0.1) is 38.2 Å². The minimum absolute atomic E-state index is 0.199. The van der Waals surface area contributed by atoms with Gasteiger partial charge in [0, 0.05) is 30.4 Å². The molecule has 0 saturated carbocycles. The number of ether oxygens (including phenoxy) is 3. The van der Waals surface area contributed by atoms with Crippen LogP contribution in [0.4, 0.5) is 10.6 Å². The second-order valence-corrected chi connectivity index (χ2v) is 7.35. The molecular weight excluding hydrogens is 400 g/mol. The van der Waals surface area contributed by atoms with Gasteiger partial charge in [0.15, 0.2) is 0 Å². The maximum absolute atomic E-state index is 10.7. The molecule has 1 aliphatic heterocycles. The van der Waals surface area contributed by atoms with E-state index in [1.807, 2.05) is 18.2 Å². The number of nitrogens with one attached hydrogen (secondary N) is 1. The second-order valence-electron chi connectivity index (χ2n) is 7.35. The number of aromatic nitrogens is 4. The minimum atomic E-state index is -0.760. The van der Waals surface area contributed by atoms with Crippen molar-refractivity contribution in [1.82, 2.24) is 20.2 Å². The molecule has 1 aliphatic rings. The van der Waals surface area contributed by atoms with Crippen LogP contribution in [0.15, 0.2) is 30.6 Å². The maximum Gasteiger partial charge on any atom is 0.404 e. The number of H-pyrrole nitrogens is 1. The molecule has 0 bridgehead atoms. The Morgan fingerprint density at radius 2 is 2.19 bits per heavy atom. The molecule has 1 atom stereocenters. The second kappa shape index (κ2) is 9.61. The van der Waals surface area contributed by atoms with Crippen molar-refractivity contribution in [3.63, 3.8) is 0 Å². The van der Waals surface area contributed by atoms with Crippen molar-refractivity contribution in [2.45, 2.75) is 25.8 Å². The van der Waals surface area contributed by atoms with E-state index in [9.17, 15) is 4.79 Å². The monoisotopic (exact) mass is 426 g/mol. The number of primary amides is 1. The number of carbonyl (C=O) groups excluding carboxylic acids is 1. The predicted molar refractivity (Wildman–Crippen MR) is 115 cm³/mol. The van der Waals surface area contributed by atoms with Crippen LogP contribution in [0.3, 0.4) is 0 Å². The number of hydrogen-bond acceptors (Lipinski definition) is 8. The molecule has 3 aromatic rings. The zero-order valence-corrected chi connectivity index (χ0v) is 17.4. The lowest BCUT2D eigenvalue weighted by molar-refractivity contribution is 0.0985. The lowest BCUT2D eigenvalue weighted by Crippen LogP contribution is -2.44. The highest BCUT2D eigenvalue weighted by atomic mass is 16.5. The van der Waals surface area contributed by atoms with Crippen molar-refractivity contribution in [3.8, 4) is 17.1 Å². The van der Waals surface area contributed by atoms with Gasteiger partial charge in [-0.2, -0.15) is 5.10 Å². The zero-order chi connectivity index (χ0) is 21.6. The highest BCUT2D eigenvalue weighted by molar-refractivity contribution is 5.95. The molecule has 1 amide bonds. The number of anilines is 1. The van der Waals surface area contributed by atoms with Gasteiger partial charge in [-0.25, -0.2) is 9.78 Å². The van der Waals surface area contributed by atoms with Gasteiger partial charge in [0.25, 0.3) is 0 Å². The largest absolute Gasteiger partial charge is 0.493 e. The van der Waals surface area contributed by atoms with Gasteiger partial charge in [-0.15, -0.1) is 0 Å². The number of unbranched alkanes of at least 4 members (excludes halogenated alkanes) is 1. The molecule has 10 heteroatoms. The Morgan fingerprint density at radius 3 is 2.97 bits per heavy atom. The molecular formula is C21H26N6O4. The standard InChI is InChI=1S/C21H26N6O4/c1-14-13-29-11-8-27(14)18-12-17(30-9-2-3-10-31-21(22)28)15-4-6-23-20(19(15)25-18)16-5-7-24-26-16/h4-7,12,14H,2-3,8-11,13H2,1H3,(H2,22,28)(H,24,26)/t14-/m1/s1.